The van der Waals surface area contributed by atoms with Gasteiger partial charge in [-0.3, -0.25) is 0 Å². The molecule has 2 heterocycles. The van der Waals surface area contributed by atoms with Crippen molar-refractivity contribution in [1.29, 1.82) is 0 Å². The second kappa shape index (κ2) is 15.6. The first-order valence-electron chi connectivity index (χ1n) is 11.0. The van der Waals surface area contributed by atoms with Gasteiger partial charge in [0.1, 0.15) is 0 Å². The van der Waals surface area contributed by atoms with E-state index >= 15 is 0 Å². The lowest BCUT2D eigenvalue weighted by Crippen LogP contribution is -2.07. The normalized spacial score (nSPS) is 10.8. The quantitative estimate of drug-likeness (QED) is 0.301. The second-order valence-corrected chi connectivity index (χ2v) is 7.89. The van der Waals surface area contributed by atoms with Crippen LogP contribution in [0.3, 0.4) is 0 Å². The molecule has 2 aromatic rings. The van der Waals surface area contributed by atoms with Gasteiger partial charge in [-0.05, 0) is 36.0 Å². The van der Waals surface area contributed by atoms with Gasteiger partial charge in [-0.2, -0.15) is 29.9 Å². The predicted molar refractivity (Wildman–Crippen MR) is 126 cm³/mol. The third-order valence-electron chi connectivity index (χ3n) is 4.71. The Labute approximate surface area is 199 Å². The van der Waals surface area contributed by atoms with Crippen LogP contribution in [0, 0.1) is 0 Å². The number of methoxy groups -OCH3 is 2. The maximum Gasteiger partial charge on any atom is 0.322 e. The number of nitrogens with one attached hydrogen (secondary N) is 2. The molecular formula is C20H32Cl2N8O2. The molecule has 0 spiro atoms. The summed E-state index contributed by atoms with van der Waals surface area (Å²) >= 11 is 11.7. The average Bonchev–Trinajstić information content (AvgIpc) is 2.78. The van der Waals surface area contributed by atoms with Gasteiger partial charge in [-0.1, -0.05) is 51.4 Å². The lowest BCUT2D eigenvalue weighted by atomic mass is 10.1. The van der Waals surface area contributed by atoms with Gasteiger partial charge >= 0.3 is 12.0 Å². The van der Waals surface area contributed by atoms with Crippen LogP contribution >= 0.6 is 23.2 Å². The highest BCUT2D eigenvalue weighted by Gasteiger charge is 2.05. The van der Waals surface area contributed by atoms with E-state index in [1.165, 1.54) is 65.6 Å². The number of halogens is 2. The summed E-state index contributed by atoms with van der Waals surface area (Å²) in [6.45, 7) is 1.61. The topological polar surface area (TPSA) is 120 Å². The average molecular weight is 487 g/mol. The Kier molecular flexibility index (Phi) is 12.7. The van der Waals surface area contributed by atoms with E-state index in [9.17, 15) is 0 Å². The van der Waals surface area contributed by atoms with Crippen LogP contribution in [0.1, 0.15) is 64.2 Å². The van der Waals surface area contributed by atoms with Gasteiger partial charge in [0.05, 0.1) is 14.2 Å². The van der Waals surface area contributed by atoms with E-state index in [2.05, 4.69) is 40.5 Å². The maximum absolute atomic E-state index is 5.83. The Morgan fingerprint density at radius 1 is 0.531 bits per heavy atom. The van der Waals surface area contributed by atoms with Crippen molar-refractivity contribution in [3.8, 4) is 12.0 Å². The van der Waals surface area contributed by atoms with E-state index in [1.54, 1.807) is 0 Å². The number of aromatic nitrogens is 6. The summed E-state index contributed by atoms with van der Waals surface area (Å²) in [6.07, 6.45) is 12.1. The van der Waals surface area contributed by atoms with Crippen molar-refractivity contribution in [1.82, 2.24) is 29.9 Å². The van der Waals surface area contributed by atoms with Gasteiger partial charge in [0, 0.05) is 13.1 Å². The van der Waals surface area contributed by atoms with Gasteiger partial charge < -0.3 is 20.1 Å². The molecule has 10 nitrogen and oxygen atoms in total. The molecule has 2 rings (SSSR count). The standard InChI is InChI=1S/C20H32Cl2N8O2/c1-31-19-27-15(21)25-17(29-19)23-13-11-9-7-5-3-4-6-8-10-12-14-24-18-26-16(22)28-20(30-18)32-2/h3-14H2,1-2H3,(H,23,25,27,29)(H,24,26,28,30). The van der Waals surface area contributed by atoms with Gasteiger partial charge in [-0.15, -0.1) is 0 Å². The number of unbranched alkanes of at least 4 members (excludes halogenated alkanes) is 9. The number of ether oxygens (including phenoxy) is 2. The first-order chi connectivity index (χ1) is 15.6. The molecule has 0 aliphatic rings. The Morgan fingerprint density at radius 2 is 0.875 bits per heavy atom. The zero-order chi connectivity index (χ0) is 23.0. The lowest BCUT2D eigenvalue weighted by Gasteiger charge is -2.07. The first-order valence-corrected chi connectivity index (χ1v) is 11.7. The van der Waals surface area contributed by atoms with Crippen LogP contribution < -0.4 is 20.1 Å². The zero-order valence-electron chi connectivity index (χ0n) is 18.7. The van der Waals surface area contributed by atoms with Crippen LogP contribution in [-0.2, 0) is 0 Å². The Balaban J connectivity index is 1.38. The van der Waals surface area contributed by atoms with Crippen LogP contribution in [0.5, 0.6) is 12.0 Å². The SMILES string of the molecule is COc1nc(Cl)nc(NCCCCCCCCCCCCNc2nc(Cl)nc(OC)n2)n1. The zero-order valence-corrected chi connectivity index (χ0v) is 20.3. The molecule has 0 saturated heterocycles. The van der Waals surface area contributed by atoms with Crippen molar-refractivity contribution in [3.05, 3.63) is 10.6 Å². The molecule has 12 heteroatoms. The molecule has 178 valence electrons. The Hall–Kier alpha value is -2.20. The summed E-state index contributed by atoms with van der Waals surface area (Å²) in [7, 11) is 3.00. The molecule has 0 radical (unpaired) electrons. The van der Waals surface area contributed by atoms with Crippen LogP contribution in [-0.4, -0.2) is 57.2 Å². The Morgan fingerprint density at radius 3 is 1.22 bits per heavy atom. The minimum atomic E-state index is 0.129. The predicted octanol–water partition coefficient (Wildman–Crippen LogP) is 4.81. The van der Waals surface area contributed by atoms with Crippen molar-refractivity contribution >= 4 is 35.1 Å². The summed E-state index contributed by atoms with van der Waals surface area (Å²) in [5, 5.41) is 6.58. The summed E-state index contributed by atoms with van der Waals surface area (Å²) < 4.78 is 9.96. The van der Waals surface area contributed by atoms with E-state index < -0.39 is 0 Å². The van der Waals surface area contributed by atoms with E-state index in [-0.39, 0.29) is 22.6 Å². The summed E-state index contributed by atoms with van der Waals surface area (Å²) in [4.78, 5) is 24.0. The Bertz CT molecular complexity index is 735. The third-order valence-corrected chi connectivity index (χ3v) is 5.05. The largest absolute Gasteiger partial charge is 0.467 e. The molecule has 0 aliphatic heterocycles. The molecule has 2 aromatic heterocycles. The molecular weight excluding hydrogens is 455 g/mol. The van der Waals surface area contributed by atoms with Crippen molar-refractivity contribution < 1.29 is 9.47 Å². The van der Waals surface area contributed by atoms with Gasteiger partial charge in [0.25, 0.3) is 0 Å². The molecule has 2 N–H and O–H groups in total. The van der Waals surface area contributed by atoms with Crippen molar-refractivity contribution in [2.24, 2.45) is 0 Å². The number of hydrogen-bond donors (Lipinski definition) is 2. The van der Waals surface area contributed by atoms with Gasteiger partial charge in [0.2, 0.25) is 22.5 Å². The molecule has 0 amide bonds. The maximum atomic E-state index is 5.83. The van der Waals surface area contributed by atoms with E-state index in [0.717, 1.165) is 25.9 Å². The smallest absolute Gasteiger partial charge is 0.322 e. The molecule has 0 bridgehead atoms. The number of rotatable bonds is 17. The molecule has 0 atom stereocenters. The monoisotopic (exact) mass is 486 g/mol. The fourth-order valence-corrected chi connectivity index (χ4v) is 3.37. The highest BCUT2D eigenvalue weighted by molar-refractivity contribution is 6.28. The summed E-state index contributed by atoms with van der Waals surface area (Å²) in [6, 6.07) is 0.439. The number of nitrogens with zero attached hydrogens (tertiary/aromatic N) is 6. The summed E-state index contributed by atoms with van der Waals surface area (Å²) in [5.41, 5.74) is 0. The number of anilines is 2. The molecule has 0 saturated carbocycles. The molecule has 0 aliphatic carbocycles. The molecule has 32 heavy (non-hydrogen) atoms. The molecule has 0 fully saturated rings. The van der Waals surface area contributed by atoms with Gasteiger partial charge in [0.15, 0.2) is 0 Å². The van der Waals surface area contributed by atoms with E-state index in [1.807, 2.05) is 0 Å². The molecule has 0 aromatic carbocycles. The minimum Gasteiger partial charge on any atom is -0.467 e. The van der Waals surface area contributed by atoms with Gasteiger partial charge in [-0.25, -0.2) is 0 Å². The highest BCUT2D eigenvalue weighted by atomic mass is 35.5. The second-order valence-electron chi connectivity index (χ2n) is 7.22. The van der Waals surface area contributed by atoms with Crippen LogP contribution in [0.15, 0.2) is 0 Å². The molecule has 0 unspecified atom stereocenters. The minimum absolute atomic E-state index is 0.129. The van der Waals surface area contributed by atoms with Crippen molar-refractivity contribution in [2.75, 3.05) is 37.9 Å². The van der Waals surface area contributed by atoms with Crippen LogP contribution in [0.4, 0.5) is 11.9 Å². The number of hydrogen-bond acceptors (Lipinski definition) is 10. The lowest BCUT2D eigenvalue weighted by molar-refractivity contribution is 0.378. The van der Waals surface area contributed by atoms with E-state index in [4.69, 9.17) is 32.7 Å². The van der Waals surface area contributed by atoms with Crippen LogP contribution in [0.25, 0.3) is 0 Å². The summed E-state index contributed by atoms with van der Waals surface area (Å²) in [5.74, 6) is 0.905. The first kappa shape index (κ1) is 26.1. The van der Waals surface area contributed by atoms with Crippen molar-refractivity contribution in [3.63, 3.8) is 0 Å². The third kappa shape index (κ3) is 10.9. The van der Waals surface area contributed by atoms with Crippen LogP contribution in [0.2, 0.25) is 10.6 Å². The fraction of sp³-hybridized carbons (Fsp3) is 0.700. The van der Waals surface area contributed by atoms with Crippen molar-refractivity contribution in [2.45, 2.75) is 64.2 Å². The fourth-order valence-electron chi connectivity index (χ4n) is 3.07. The van der Waals surface area contributed by atoms with E-state index in [0.29, 0.717) is 11.9 Å². The highest BCUT2D eigenvalue weighted by Crippen LogP contribution is 2.14.